The van der Waals surface area contributed by atoms with E-state index in [1.807, 2.05) is 6.92 Å². The van der Waals surface area contributed by atoms with Gasteiger partial charge in [-0.3, -0.25) is 0 Å². The molecule has 1 aromatic heterocycles. The molecule has 1 N–H and O–H groups in total. The van der Waals surface area contributed by atoms with Crippen molar-refractivity contribution in [3.05, 3.63) is 69.6 Å². The summed E-state index contributed by atoms with van der Waals surface area (Å²) in [5.41, 5.74) is 0.792. The Morgan fingerprint density at radius 3 is 2.66 bits per heavy atom. The Balaban J connectivity index is 1.93. The van der Waals surface area contributed by atoms with E-state index in [1.165, 1.54) is 17.3 Å². The number of aromatic nitrogens is 1. The number of hydrazone groups is 1. The van der Waals surface area contributed by atoms with E-state index >= 15 is 0 Å². The van der Waals surface area contributed by atoms with Crippen LogP contribution in [0.25, 0.3) is 11.3 Å². The molecule has 0 radical (unpaired) electrons. The van der Waals surface area contributed by atoms with Gasteiger partial charge in [-0.15, -0.1) is 0 Å². The number of rotatable bonds is 7. The summed E-state index contributed by atoms with van der Waals surface area (Å²) in [5, 5.41) is 15.4. The molecule has 0 atom stereocenters. The molecular weight excluding hydrogens is 420 g/mol. The monoisotopic (exact) mass is 435 g/mol. The van der Waals surface area contributed by atoms with Crippen molar-refractivity contribution in [1.29, 1.82) is 0 Å². The predicted octanol–water partition coefficient (Wildman–Crippen LogP) is 5.69. The van der Waals surface area contributed by atoms with Crippen LogP contribution in [0.3, 0.4) is 0 Å². The molecule has 3 aromatic rings. The quantitative estimate of drug-likeness (QED) is 0.382. The van der Waals surface area contributed by atoms with Gasteiger partial charge in [0.05, 0.1) is 11.8 Å². The Bertz CT molecular complexity index is 1050. The number of benzene rings is 2. The number of thiazole rings is 1. The molecule has 3 rings (SSSR count). The highest BCUT2D eigenvalue weighted by atomic mass is 35.5. The second kappa shape index (κ2) is 9.11. The highest BCUT2D eigenvalue weighted by Crippen LogP contribution is 2.32. The molecule has 9 heteroatoms. The Labute approximate surface area is 174 Å². The van der Waals surface area contributed by atoms with Crippen LogP contribution in [-0.2, 0) is 0 Å². The highest BCUT2D eigenvalue weighted by molar-refractivity contribution is 7.14. The molecule has 2 aromatic carbocycles. The Hall–Kier alpha value is -2.84. The number of nitrogens with zero attached hydrogens (tertiary/aromatic N) is 3. The third-order valence-electron chi connectivity index (χ3n) is 3.93. The van der Waals surface area contributed by atoms with Crippen LogP contribution >= 0.6 is 22.9 Å². The third kappa shape index (κ3) is 4.96. The number of anilines is 1. The Morgan fingerprint density at radius 2 is 2.00 bits per heavy atom. The SMILES string of the molecule is CCCN(/N=C/c1ccc(F)cc1C(=O)O)c1nc(-c2ccc(Cl)cc2)c(F)s1. The van der Waals surface area contributed by atoms with E-state index in [4.69, 9.17) is 11.6 Å². The molecule has 0 aliphatic heterocycles. The lowest BCUT2D eigenvalue weighted by Crippen LogP contribution is -2.17. The molecule has 0 aliphatic rings. The van der Waals surface area contributed by atoms with Gasteiger partial charge in [0.15, 0.2) is 0 Å². The number of halogens is 3. The van der Waals surface area contributed by atoms with Gasteiger partial charge in [-0.25, -0.2) is 19.2 Å². The molecule has 1 heterocycles. The van der Waals surface area contributed by atoms with Crippen LogP contribution in [0, 0.1) is 10.9 Å². The minimum atomic E-state index is -1.27. The molecule has 0 unspecified atom stereocenters. The smallest absolute Gasteiger partial charge is 0.336 e. The first-order valence-corrected chi connectivity index (χ1v) is 9.85. The van der Waals surface area contributed by atoms with Crippen molar-refractivity contribution in [2.45, 2.75) is 13.3 Å². The van der Waals surface area contributed by atoms with Crippen LogP contribution < -0.4 is 5.01 Å². The molecule has 29 heavy (non-hydrogen) atoms. The summed E-state index contributed by atoms with van der Waals surface area (Å²) in [6.45, 7) is 2.36. The van der Waals surface area contributed by atoms with Crippen LogP contribution in [0.15, 0.2) is 47.6 Å². The van der Waals surface area contributed by atoms with Gasteiger partial charge in [0.25, 0.3) is 0 Å². The second-order valence-corrected chi connectivity index (χ2v) is 7.39. The number of carboxylic acid groups (broad SMARTS) is 1. The van der Waals surface area contributed by atoms with Crippen LogP contribution in [0.1, 0.15) is 29.3 Å². The van der Waals surface area contributed by atoms with E-state index in [-0.39, 0.29) is 16.8 Å². The van der Waals surface area contributed by atoms with Gasteiger partial charge in [0, 0.05) is 22.7 Å². The predicted molar refractivity (Wildman–Crippen MR) is 111 cm³/mol. The highest BCUT2D eigenvalue weighted by Gasteiger charge is 2.17. The first-order chi connectivity index (χ1) is 13.9. The maximum absolute atomic E-state index is 14.5. The van der Waals surface area contributed by atoms with Crippen LogP contribution in [0.4, 0.5) is 13.9 Å². The summed E-state index contributed by atoms with van der Waals surface area (Å²) in [6, 6.07) is 10.1. The zero-order valence-corrected chi connectivity index (χ0v) is 16.8. The number of carbonyl (C=O) groups is 1. The minimum Gasteiger partial charge on any atom is -0.478 e. The Kier molecular flexibility index (Phi) is 6.56. The fourth-order valence-corrected chi connectivity index (χ4v) is 3.49. The average Bonchev–Trinajstić information content (AvgIpc) is 3.08. The van der Waals surface area contributed by atoms with Crippen molar-refractivity contribution >= 4 is 40.3 Å². The zero-order chi connectivity index (χ0) is 21.0. The lowest BCUT2D eigenvalue weighted by atomic mass is 10.1. The molecule has 0 spiro atoms. The van der Waals surface area contributed by atoms with Crippen molar-refractivity contribution in [3.8, 4) is 11.3 Å². The van der Waals surface area contributed by atoms with Crippen molar-refractivity contribution in [1.82, 2.24) is 4.98 Å². The Morgan fingerprint density at radius 1 is 1.28 bits per heavy atom. The first-order valence-electron chi connectivity index (χ1n) is 8.65. The van der Waals surface area contributed by atoms with Gasteiger partial charge in [-0.2, -0.15) is 9.49 Å². The van der Waals surface area contributed by atoms with Gasteiger partial charge in [0.1, 0.15) is 11.5 Å². The first kappa shape index (κ1) is 20.9. The molecule has 5 nitrogen and oxygen atoms in total. The molecule has 0 amide bonds. The number of hydrogen-bond acceptors (Lipinski definition) is 5. The summed E-state index contributed by atoms with van der Waals surface area (Å²) < 4.78 is 27.8. The van der Waals surface area contributed by atoms with Gasteiger partial charge in [-0.1, -0.05) is 42.0 Å². The topological polar surface area (TPSA) is 65.8 Å². The zero-order valence-electron chi connectivity index (χ0n) is 15.3. The summed E-state index contributed by atoms with van der Waals surface area (Å²) in [5.74, 6) is -1.92. The fourth-order valence-electron chi connectivity index (χ4n) is 2.56. The third-order valence-corrected chi connectivity index (χ3v) is 5.04. The maximum Gasteiger partial charge on any atom is 0.336 e. The number of carboxylic acids is 1. The lowest BCUT2D eigenvalue weighted by Gasteiger charge is -2.14. The average molecular weight is 436 g/mol. The number of aromatic carboxylic acids is 1. The van der Waals surface area contributed by atoms with Gasteiger partial charge in [0.2, 0.25) is 10.3 Å². The fraction of sp³-hybridized carbons (Fsp3) is 0.150. The van der Waals surface area contributed by atoms with E-state index in [9.17, 15) is 18.7 Å². The summed E-state index contributed by atoms with van der Waals surface area (Å²) in [6.07, 6.45) is 2.00. The molecule has 0 aliphatic carbocycles. The number of hydrogen-bond donors (Lipinski definition) is 1. The van der Waals surface area contributed by atoms with Crippen LogP contribution in [-0.4, -0.2) is 28.8 Å². The molecule has 0 saturated carbocycles. The summed E-state index contributed by atoms with van der Waals surface area (Å²) in [7, 11) is 0. The molecule has 150 valence electrons. The lowest BCUT2D eigenvalue weighted by molar-refractivity contribution is 0.0696. The molecular formula is C20H16ClF2N3O2S. The normalized spacial score (nSPS) is 11.2. The van der Waals surface area contributed by atoms with Crippen molar-refractivity contribution < 1.29 is 18.7 Å². The van der Waals surface area contributed by atoms with Crippen molar-refractivity contribution in [3.63, 3.8) is 0 Å². The van der Waals surface area contributed by atoms with Crippen LogP contribution in [0.2, 0.25) is 5.02 Å². The van der Waals surface area contributed by atoms with E-state index in [1.54, 1.807) is 24.3 Å². The molecule has 0 fully saturated rings. The van der Waals surface area contributed by atoms with Crippen molar-refractivity contribution in [2.75, 3.05) is 11.6 Å². The minimum absolute atomic E-state index is 0.186. The maximum atomic E-state index is 14.5. The van der Waals surface area contributed by atoms with E-state index in [0.29, 0.717) is 28.7 Å². The second-order valence-electron chi connectivity index (χ2n) is 6.03. The summed E-state index contributed by atoms with van der Waals surface area (Å²) >= 11 is 6.71. The van der Waals surface area contributed by atoms with E-state index in [2.05, 4.69) is 10.1 Å². The largest absolute Gasteiger partial charge is 0.478 e. The van der Waals surface area contributed by atoms with Crippen molar-refractivity contribution in [2.24, 2.45) is 5.10 Å². The molecule has 0 bridgehead atoms. The van der Waals surface area contributed by atoms with Gasteiger partial charge in [-0.05, 0) is 36.8 Å². The van der Waals surface area contributed by atoms with Gasteiger partial charge >= 0.3 is 5.97 Å². The van der Waals surface area contributed by atoms with E-state index in [0.717, 1.165) is 23.5 Å². The van der Waals surface area contributed by atoms with Gasteiger partial charge < -0.3 is 5.11 Å². The standard InChI is InChI=1S/C20H16ClF2N3O2S/c1-2-9-26(24-11-13-5-8-15(22)10-16(13)19(27)28)20-25-17(18(23)29-20)12-3-6-14(21)7-4-12/h3-8,10-11H,2,9H2,1H3,(H,27,28)/b24-11+. The van der Waals surface area contributed by atoms with E-state index < -0.39 is 16.9 Å². The van der Waals surface area contributed by atoms with Crippen LogP contribution in [0.5, 0.6) is 0 Å². The summed E-state index contributed by atoms with van der Waals surface area (Å²) in [4.78, 5) is 15.7. The molecule has 0 saturated heterocycles.